The van der Waals surface area contributed by atoms with Crippen LogP contribution in [-0.2, 0) is 10.3 Å². The van der Waals surface area contributed by atoms with Gasteiger partial charge in [-0.05, 0) is 0 Å². The first-order valence-electron chi connectivity index (χ1n) is 0.720. The van der Waals surface area contributed by atoms with E-state index in [1.807, 2.05) is 0 Å². The van der Waals surface area contributed by atoms with E-state index < -0.39 is 10.3 Å². The van der Waals surface area contributed by atoms with Crippen LogP contribution in [0.1, 0.15) is 0 Å². The Labute approximate surface area is 29.5 Å². The summed E-state index contributed by atoms with van der Waals surface area (Å²) >= 11 is 0. The first kappa shape index (κ1) is 4.87. The topological polar surface area (TPSA) is 78.2 Å². The predicted octanol–water partition coefficient (Wildman–Crippen LogP) is -0.159. The maximum atomic E-state index is 8.85. The van der Waals surface area contributed by atoms with Gasteiger partial charge in [-0.2, -0.15) is 0 Å². The molecule has 0 aromatic heterocycles. The quantitative estimate of drug-likeness (QED) is 0.425. The number of hydrogen-bond acceptors (Lipinski definition) is 2. The Kier molecular flexibility index (Phi) is 0.901. The fourth-order valence-corrected chi connectivity index (χ4v) is 0. The SMILES string of the molecule is [NH-]S(=O)(=O)O. The van der Waals surface area contributed by atoms with Gasteiger partial charge in [-0.3, -0.25) is 4.55 Å². The summed E-state index contributed by atoms with van der Waals surface area (Å²) in [4.78, 5) is 0. The van der Waals surface area contributed by atoms with E-state index >= 15 is 0 Å². The summed E-state index contributed by atoms with van der Waals surface area (Å²) in [6, 6.07) is 0. The van der Waals surface area contributed by atoms with Gasteiger partial charge in [-0.15, -0.1) is 0 Å². The predicted molar refractivity (Wildman–Crippen MR) is 15.9 cm³/mol. The molecule has 0 radical (unpaired) electrons. The Hall–Kier alpha value is -0.130. The van der Waals surface area contributed by atoms with Crippen molar-refractivity contribution in [2.45, 2.75) is 0 Å². The second kappa shape index (κ2) is 0.925. The van der Waals surface area contributed by atoms with E-state index in [1.165, 1.54) is 0 Å². The van der Waals surface area contributed by atoms with Crippen LogP contribution in [0.25, 0.3) is 5.14 Å². The third kappa shape index (κ3) is 801. The van der Waals surface area contributed by atoms with Gasteiger partial charge in [0.2, 0.25) is 0 Å². The van der Waals surface area contributed by atoms with Gasteiger partial charge in [-0.25, -0.2) is 8.42 Å². The van der Waals surface area contributed by atoms with E-state index in [4.69, 9.17) is 18.1 Å². The number of nitrogens with one attached hydrogen (secondary N) is 1. The molecule has 0 amide bonds. The van der Waals surface area contributed by atoms with Gasteiger partial charge in [0.1, 0.15) is 0 Å². The average molecular weight is 96.1 g/mol. The van der Waals surface area contributed by atoms with Gasteiger partial charge in [0, 0.05) is 0 Å². The zero-order valence-electron chi connectivity index (χ0n) is 2.17. The van der Waals surface area contributed by atoms with Crippen LogP contribution in [0.2, 0.25) is 0 Å². The Morgan fingerprint density at radius 2 is 1.60 bits per heavy atom. The number of hydrogen-bond donors (Lipinski definition) is 1. The first-order valence-corrected chi connectivity index (χ1v) is 2.16. The molecule has 0 saturated carbocycles. The van der Waals surface area contributed by atoms with Crippen molar-refractivity contribution in [1.29, 1.82) is 0 Å². The fourth-order valence-electron chi connectivity index (χ4n) is 0. The highest BCUT2D eigenvalue weighted by atomic mass is 32.2. The lowest BCUT2D eigenvalue weighted by molar-refractivity contribution is 0.494. The van der Waals surface area contributed by atoms with Crippen LogP contribution in [0.5, 0.6) is 0 Å². The molecule has 32 valence electrons. The standard InChI is InChI=1S/H2NO3S/c1-5(2,3)4/h(H2-,1,2,3,4)/q-1. The van der Waals surface area contributed by atoms with E-state index in [0.29, 0.717) is 0 Å². The maximum Gasteiger partial charge on any atom is 0.186 e. The monoisotopic (exact) mass is 96.0 g/mol. The first-order chi connectivity index (χ1) is 2.00. The van der Waals surface area contributed by atoms with Gasteiger partial charge in [0.05, 0.1) is 0 Å². The summed E-state index contributed by atoms with van der Waals surface area (Å²) in [6.07, 6.45) is 0. The highest BCUT2D eigenvalue weighted by molar-refractivity contribution is 7.87. The molecule has 0 atom stereocenters. The van der Waals surface area contributed by atoms with E-state index in [-0.39, 0.29) is 0 Å². The molecule has 0 aliphatic heterocycles. The molecule has 0 aliphatic carbocycles. The normalized spacial score (nSPS) is 11.6. The molecular weight excluding hydrogens is 94.1 g/mol. The lowest BCUT2D eigenvalue weighted by Gasteiger charge is -1.84. The van der Waals surface area contributed by atoms with Gasteiger partial charge < -0.3 is 5.14 Å². The van der Waals surface area contributed by atoms with Crippen molar-refractivity contribution < 1.29 is 13.0 Å². The molecule has 4 nitrogen and oxygen atoms in total. The van der Waals surface area contributed by atoms with E-state index in [0.717, 1.165) is 0 Å². The van der Waals surface area contributed by atoms with E-state index in [9.17, 15) is 0 Å². The van der Waals surface area contributed by atoms with Crippen molar-refractivity contribution in [3.05, 3.63) is 5.14 Å². The third-order valence-electron chi connectivity index (χ3n) is 0. The molecule has 0 saturated heterocycles. The summed E-state index contributed by atoms with van der Waals surface area (Å²) in [5.74, 6) is 0. The lowest BCUT2D eigenvalue weighted by atomic mass is 13.9. The molecule has 0 bridgehead atoms. The molecule has 2 N–H and O–H groups in total. The highest BCUT2D eigenvalue weighted by Gasteiger charge is 1.67. The molecule has 0 aromatic carbocycles. The Morgan fingerprint density at radius 1 is 1.60 bits per heavy atom. The third-order valence-corrected chi connectivity index (χ3v) is 0. The van der Waals surface area contributed by atoms with Gasteiger partial charge >= 0.3 is 0 Å². The molecule has 5 heavy (non-hydrogen) atoms. The molecule has 0 rings (SSSR count). The maximum absolute atomic E-state index is 8.85. The summed E-state index contributed by atoms with van der Waals surface area (Å²) in [7, 11) is -4.42. The average Bonchev–Trinajstić information content (AvgIpc) is 0.722. The van der Waals surface area contributed by atoms with Gasteiger partial charge in [0.15, 0.2) is 10.3 Å². The molecule has 0 heterocycles. The largest absolute Gasteiger partial charge is 0.540 e. The minimum atomic E-state index is -4.42. The van der Waals surface area contributed by atoms with Crippen LogP contribution in [-0.4, -0.2) is 13.0 Å². The zero-order chi connectivity index (χ0) is 4.50. The second-order valence-corrected chi connectivity index (χ2v) is 1.43. The molecule has 0 fully saturated rings. The Bertz CT molecular complexity index is 90.1. The molecule has 0 unspecified atom stereocenters. The van der Waals surface area contributed by atoms with Crippen molar-refractivity contribution in [3.8, 4) is 0 Å². The summed E-state index contributed by atoms with van der Waals surface area (Å²) in [6.45, 7) is 0. The molecule has 5 heteroatoms. The van der Waals surface area contributed by atoms with Gasteiger partial charge in [0.25, 0.3) is 0 Å². The molecule has 0 aromatic rings. The second-order valence-electron chi connectivity index (χ2n) is 0.475. The minimum absolute atomic E-state index is 4.42. The molecular formula is H2NO3S-. The van der Waals surface area contributed by atoms with Crippen LogP contribution in [0.4, 0.5) is 0 Å². The van der Waals surface area contributed by atoms with Crippen LogP contribution in [0.15, 0.2) is 0 Å². The summed E-state index contributed by atoms with van der Waals surface area (Å²) in [5, 5.41) is 5.47. The van der Waals surface area contributed by atoms with Crippen molar-refractivity contribution in [2.24, 2.45) is 0 Å². The molecule has 0 aliphatic rings. The van der Waals surface area contributed by atoms with Crippen LogP contribution in [0.3, 0.4) is 0 Å². The number of rotatable bonds is 0. The Balaban J connectivity index is 4.06. The van der Waals surface area contributed by atoms with Crippen LogP contribution < -0.4 is 0 Å². The van der Waals surface area contributed by atoms with Crippen molar-refractivity contribution in [2.75, 3.05) is 0 Å². The van der Waals surface area contributed by atoms with Crippen molar-refractivity contribution >= 4 is 10.3 Å². The highest BCUT2D eigenvalue weighted by Crippen LogP contribution is 1.70. The van der Waals surface area contributed by atoms with Crippen LogP contribution >= 0.6 is 0 Å². The zero-order valence-corrected chi connectivity index (χ0v) is 2.99. The minimum Gasteiger partial charge on any atom is -0.540 e. The fraction of sp³-hybridized carbons (Fsp3) is 0. The van der Waals surface area contributed by atoms with Crippen molar-refractivity contribution in [1.82, 2.24) is 0 Å². The lowest BCUT2D eigenvalue weighted by Crippen LogP contribution is -1.81. The smallest absolute Gasteiger partial charge is 0.186 e. The Morgan fingerprint density at radius 3 is 1.60 bits per heavy atom. The van der Waals surface area contributed by atoms with E-state index in [1.54, 1.807) is 0 Å². The summed E-state index contributed by atoms with van der Waals surface area (Å²) < 4.78 is 24.9. The molecule has 0 spiro atoms. The summed E-state index contributed by atoms with van der Waals surface area (Å²) in [5.41, 5.74) is 0. The van der Waals surface area contributed by atoms with Crippen LogP contribution in [0, 0.1) is 0 Å². The van der Waals surface area contributed by atoms with E-state index in [2.05, 4.69) is 0 Å². The van der Waals surface area contributed by atoms with Gasteiger partial charge in [-0.1, -0.05) is 0 Å². The van der Waals surface area contributed by atoms with Crippen molar-refractivity contribution in [3.63, 3.8) is 0 Å².